The lowest BCUT2D eigenvalue weighted by atomic mass is 9.99. The fourth-order valence-corrected chi connectivity index (χ4v) is 4.12. The number of hydrogen-bond acceptors (Lipinski definition) is 3. The zero-order valence-electron chi connectivity index (χ0n) is 19.8. The molecule has 178 valence electrons. The summed E-state index contributed by atoms with van der Waals surface area (Å²) in [6.45, 7) is 2.77. The molecule has 0 fully saturated rings. The van der Waals surface area contributed by atoms with E-state index in [9.17, 15) is 9.90 Å². The molecule has 0 aliphatic heterocycles. The van der Waals surface area contributed by atoms with Gasteiger partial charge in [0, 0.05) is 18.1 Å². The highest BCUT2D eigenvalue weighted by atomic mass is 35.5. The summed E-state index contributed by atoms with van der Waals surface area (Å²) in [5.41, 5.74) is 4.41. The molecule has 2 atom stereocenters. The summed E-state index contributed by atoms with van der Waals surface area (Å²) in [6, 6.07) is 25.7. The van der Waals surface area contributed by atoms with Crippen LogP contribution in [0.1, 0.15) is 30.9 Å². The first-order valence-corrected chi connectivity index (χ1v) is 12.0. The topological polar surface area (TPSA) is 52.6 Å². The van der Waals surface area contributed by atoms with Gasteiger partial charge in [-0.1, -0.05) is 96.5 Å². The number of likely N-dealkylation sites (N-methyl/N-ethyl adjacent to an activating group) is 1. The number of carbonyl (C=O) groups is 1. The molecule has 0 bridgehead atoms. The molecule has 0 saturated carbocycles. The van der Waals surface area contributed by atoms with Gasteiger partial charge in [-0.25, -0.2) is 0 Å². The van der Waals surface area contributed by atoms with Gasteiger partial charge in [-0.05, 0) is 55.1 Å². The third-order valence-electron chi connectivity index (χ3n) is 5.80. The van der Waals surface area contributed by atoms with E-state index in [0.717, 1.165) is 17.5 Å². The van der Waals surface area contributed by atoms with Crippen LogP contribution in [-0.4, -0.2) is 41.7 Å². The van der Waals surface area contributed by atoms with Crippen molar-refractivity contribution in [1.82, 2.24) is 10.2 Å². The number of carbonyl (C=O) groups excluding carboxylic acids is 1. The van der Waals surface area contributed by atoms with Crippen LogP contribution in [-0.2, 0) is 11.3 Å². The summed E-state index contributed by atoms with van der Waals surface area (Å²) < 4.78 is 0. The van der Waals surface area contributed by atoms with Crippen LogP contribution in [0.4, 0.5) is 0 Å². The Morgan fingerprint density at radius 3 is 2.44 bits per heavy atom. The lowest BCUT2D eigenvalue weighted by molar-refractivity contribution is -0.127. The fourth-order valence-electron chi connectivity index (χ4n) is 3.92. The van der Waals surface area contributed by atoms with Crippen molar-refractivity contribution >= 4 is 23.6 Å². The van der Waals surface area contributed by atoms with E-state index in [-0.39, 0.29) is 5.91 Å². The molecule has 0 heterocycles. The molecular formula is C29H33ClN2O2. The molecule has 5 heteroatoms. The van der Waals surface area contributed by atoms with Crippen LogP contribution in [0, 0.1) is 0 Å². The van der Waals surface area contributed by atoms with Crippen LogP contribution in [0.3, 0.4) is 0 Å². The zero-order valence-corrected chi connectivity index (χ0v) is 20.6. The number of halogens is 1. The first kappa shape index (κ1) is 25.7. The average Bonchev–Trinajstić information content (AvgIpc) is 2.85. The van der Waals surface area contributed by atoms with E-state index in [2.05, 4.69) is 47.8 Å². The smallest absolute Gasteiger partial charge is 0.237 e. The third-order valence-corrected chi connectivity index (χ3v) is 6.17. The van der Waals surface area contributed by atoms with E-state index in [4.69, 9.17) is 11.6 Å². The van der Waals surface area contributed by atoms with Crippen molar-refractivity contribution in [1.29, 1.82) is 0 Å². The van der Waals surface area contributed by atoms with Crippen LogP contribution in [0.15, 0.2) is 84.9 Å². The molecule has 0 aliphatic rings. The lowest BCUT2D eigenvalue weighted by Crippen LogP contribution is -2.46. The third kappa shape index (κ3) is 7.56. The molecule has 0 aromatic heterocycles. The van der Waals surface area contributed by atoms with Crippen molar-refractivity contribution in [2.45, 2.75) is 38.5 Å². The van der Waals surface area contributed by atoms with Crippen molar-refractivity contribution in [2.24, 2.45) is 0 Å². The first-order chi connectivity index (χ1) is 16.5. The van der Waals surface area contributed by atoms with E-state index in [1.807, 2.05) is 60.5 Å². The molecule has 0 radical (unpaired) electrons. The maximum Gasteiger partial charge on any atom is 0.237 e. The number of aliphatic hydroxyl groups is 1. The van der Waals surface area contributed by atoms with Gasteiger partial charge in [0.1, 0.15) is 0 Å². The summed E-state index contributed by atoms with van der Waals surface area (Å²) in [5.74, 6) is -0.110. The molecule has 1 amide bonds. The molecule has 4 nitrogen and oxygen atoms in total. The number of hydrogen-bond donors (Lipinski definition) is 2. The number of nitrogens with zero attached hydrogens (tertiary/aromatic N) is 1. The van der Waals surface area contributed by atoms with Gasteiger partial charge >= 0.3 is 0 Å². The summed E-state index contributed by atoms with van der Waals surface area (Å²) in [7, 11) is 1.92. The first-order valence-electron chi connectivity index (χ1n) is 11.7. The molecule has 0 saturated heterocycles. The normalized spacial score (nSPS) is 13.2. The minimum Gasteiger partial charge on any atom is -0.393 e. The Kier molecular flexibility index (Phi) is 9.89. The number of aliphatic hydroxyl groups excluding tert-OH is 1. The minimum absolute atomic E-state index is 0.110. The lowest BCUT2D eigenvalue weighted by Gasteiger charge is -2.28. The van der Waals surface area contributed by atoms with E-state index < -0.39 is 12.1 Å². The van der Waals surface area contributed by atoms with Crippen molar-refractivity contribution in [3.63, 3.8) is 0 Å². The van der Waals surface area contributed by atoms with Crippen molar-refractivity contribution in [3.05, 3.63) is 101 Å². The number of amides is 1. The Bertz CT molecular complexity index is 1080. The van der Waals surface area contributed by atoms with Crippen LogP contribution in [0.25, 0.3) is 17.2 Å². The second-order valence-electron chi connectivity index (χ2n) is 8.53. The van der Waals surface area contributed by atoms with Gasteiger partial charge < -0.3 is 10.4 Å². The van der Waals surface area contributed by atoms with Gasteiger partial charge in [0.15, 0.2) is 0 Å². The molecule has 3 rings (SSSR count). The van der Waals surface area contributed by atoms with Crippen LogP contribution in [0.5, 0.6) is 0 Å². The van der Waals surface area contributed by atoms with E-state index in [0.29, 0.717) is 24.5 Å². The van der Waals surface area contributed by atoms with E-state index >= 15 is 0 Å². The van der Waals surface area contributed by atoms with Crippen molar-refractivity contribution < 1.29 is 9.90 Å². The van der Waals surface area contributed by atoms with Gasteiger partial charge in [0.05, 0.1) is 12.1 Å². The SMILES string of the molecule is CC(O)CC(C(=O)NCc1ccccc1Cl)N(C)CC/C=C/c1ccccc1-c1ccccc1. The predicted molar refractivity (Wildman–Crippen MR) is 142 cm³/mol. The molecule has 34 heavy (non-hydrogen) atoms. The Hall–Kier alpha value is -2.92. The maximum atomic E-state index is 12.9. The number of benzene rings is 3. The second kappa shape index (κ2) is 13.1. The van der Waals surface area contributed by atoms with Gasteiger partial charge in [-0.3, -0.25) is 9.69 Å². The molecule has 2 N–H and O–H groups in total. The maximum absolute atomic E-state index is 12.9. The van der Waals surface area contributed by atoms with E-state index in [1.165, 1.54) is 11.1 Å². The minimum atomic E-state index is -0.577. The van der Waals surface area contributed by atoms with E-state index in [1.54, 1.807) is 6.92 Å². The highest BCUT2D eigenvalue weighted by Gasteiger charge is 2.24. The van der Waals surface area contributed by atoms with Gasteiger partial charge in [-0.15, -0.1) is 0 Å². The van der Waals surface area contributed by atoms with Gasteiger partial charge in [-0.2, -0.15) is 0 Å². The highest BCUT2D eigenvalue weighted by Crippen LogP contribution is 2.24. The van der Waals surface area contributed by atoms with Crippen molar-refractivity contribution in [2.75, 3.05) is 13.6 Å². The Labute approximate surface area is 207 Å². The van der Waals surface area contributed by atoms with Crippen LogP contribution in [0.2, 0.25) is 5.02 Å². The van der Waals surface area contributed by atoms with Crippen molar-refractivity contribution in [3.8, 4) is 11.1 Å². The average molecular weight is 477 g/mol. The Morgan fingerprint density at radius 2 is 1.71 bits per heavy atom. The van der Waals surface area contributed by atoms with Gasteiger partial charge in [0.2, 0.25) is 5.91 Å². The number of rotatable bonds is 11. The molecule has 0 aliphatic carbocycles. The van der Waals surface area contributed by atoms with Gasteiger partial charge in [0.25, 0.3) is 0 Å². The monoisotopic (exact) mass is 476 g/mol. The molecular weight excluding hydrogens is 444 g/mol. The Morgan fingerprint density at radius 1 is 1.03 bits per heavy atom. The Balaban J connectivity index is 1.60. The predicted octanol–water partition coefficient (Wildman–Crippen LogP) is 5.80. The van der Waals surface area contributed by atoms with Crippen LogP contribution >= 0.6 is 11.6 Å². The highest BCUT2D eigenvalue weighted by molar-refractivity contribution is 6.31. The van der Waals surface area contributed by atoms with Crippen LogP contribution < -0.4 is 5.32 Å². The summed E-state index contributed by atoms with van der Waals surface area (Å²) in [5, 5.41) is 13.6. The molecule has 0 spiro atoms. The molecule has 3 aromatic rings. The largest absolute Gasteiger partial charge is 0.393 e. The second-order valence-corrected chi connectivity index (χ2v) is 8.94. The summed E-state index contributed by atoms with van der Waals surface area (Å²) in [4.78, 5) is 14.9. The zero-order chi connectivity index (χ0) is 24.3. The quantitative estimate of drug-likeness (QED) is 0.368. The molecule has 2 unspecified atom stereocenters. The summed E-state index contributed by atoms with van der Waals surface area (Å²) in [6.07, 6.45) is 4.85. The fraction of sp³-hybridized carbons (Fsp3) is 0.276. The summed E-state index contributed by atoms with van der Waals surface area (Å²) >= 11 is 6.21. The molecule has 3 aromatic carbocycles. The number of nitrogens with one attached hydrogen (secondary N) is 1. The standard InChI is InChI=1S/C29H33ClN2O2/c1-22(33)20-28(29(34)31-21-25-16-7-9-18-27(25)30)32(2)19-11-10-15-24-14-6-8-17-26(24)23-12-4-3-5-13-23/h3-10,12-18,22,28,33H,11,19-21H2,1-2H3,(H,31,34)/b15-10+.